The molecule has 3 aromatic rings. The standard InChI is InChI=1S/C26H27N3O3/c1-18(12-13-19-8-4-3-5-9-19)27-23(30)17-29-24(31)26(2,28-25(29)32)22-15-14-20-10-6-7-11-21(20)16-22/h3-11,14-16,18H,12-13,17H2,1-2H3,(H,27,30)(H,28,32)/t18-,26+/m1/s1. The van der Waals surface area contributed by atoms with Crippen LogP contribution >= 0.6 is 0 Å². The van der Waals surface area contributed by atoms with Crippen LogP contribution < -0.4 is 10.6 Å². The zero-order valence-corrected chi connectivity index (χ0v) is 18.3. The summed E-state index contributed by atoms with van der Waals surface area (Å²) in [6.45, 7) is 3.30. The highest BCUT2D eigenvalue weighted by Gasteiger charge is 2.49. The lowest BCUT2D eigenvalue weighted by molar-refractivity contribution is -0.135. The van der Waals surface area contributed by atoms with Crippen LogP contribution in [-0.2, 0) is 21.5 Å². The molecule has 0 spiro atoms. The zero-order chi connectivity index (χ0) is 22.7. The number of hydrogen-bond acceptors (Lipinski definition) is 3. The van der Waals surface area contributed by atoms with E-state index in [9.17, 15) is 14.4 Å². The highest BCUT2D eigenvalue weighted by Crippen LogP contribution is 2.30. The molecule has 1 heterocycles. The fourth-order valence-corrected chi connectivity index (χ4v) is 4.10. The zero-order valence-electron chi connectivity index (χ0n) is 18.3. The molecule has 4 amide bonds. The van der Waals surface area contributed by atoms with Crippen LogP contribution in [0.2, 0.25) is 0 Å². The molecule has 1 fully saturated rings. The maximum absolute atomic E-state index is 13.2. The minimum atomic E-state index is -1.21. The third-order valence-electron chi connectivity index (χ3n) is 6.02. The van der Waals surface area contributed by atoms with E-state index in [1.54, 1.807) is 6.92 Å². The normalized spacial score (nSPS) is 19.1. The Hall–Kier alpha value is -3.67. The number of carbonyl (C=O) groups excluding carboxylic acids is 3. The molecule has 164 valence electrons. The summed E-state index contributed by atoms with van der Waals surface area (Å²) in [5.41, 5.74) is 0.683. The molecule has 6 heteroatoms. The second-order valence-corrected chi connectivity index (χ2v) is 8.50. The predicted octanol–water partition coefficient (Wildman–Crippen LogP) is 3.74. The number of aryl methyl sites for hydroxylation is 1. The van der Waals surface area contributed by atoms with E-state index in [1.807, 2.05) is 67.6 Å². The van der Waals surface area contributed by atoms with E-state index in [1.165, 1.54) is 5.56 Å². The first-order chi connectivity index (χ1) is 15.4. The number of nitrogens with zero attached hydrogens (tertiary/aromatic N) is 1. The average Bonchev–Trinajstić information content (AvgIpc) is 3.02. The van der Waals surface area contributed by atoms with Gasteiger partial charge in [0.15, 0.2) is 0 Å². The summed E-state index contributed by atoms with van der Waals surface area (Å²) < 4.78 is 0. The molecule has 2 atom stereocenters. The van der Waals surface area contributed by atoms with E-state index in [-0.39, 0.29) is 18.5 Å². The molecule has 3 aromatic carbocycles. The third kappa shape index (κ3) is 4.35. The van der Waals surface area contributed by atoms with Crippen LogP contribution in [0.1, 0.15) is 31.4 Å². The van der Waals surface area contributed by atoms with Crippen molar-refractivity contribution in [1.29, 1.82) is 0 Å². The molecular weight excluding hydrogens is 402 g/mol. The van der Waals surface area contributed by atoms with E-state index in [0.29, 0.717) is 5.56 Å². The summed E-state index contributed by atoms with van der Waals surface area (Å²) >= 11 is 0. The molecule has 1 aliphatic rings. The van der Waals surface area contributed by atoms with Gasteiger partial charge in [-0.15, -0.1) is 0 Å². The molecule has 6 nitrogen and oxygen atoms in total. The summed E-state index contributed by atoms with van der Waals surface area (Å²) in [7, 11) is 0. The van der Waals surface area contributed by atoms with Crippen LogP contribution in [0.3, 0.4) is 0 Å². The van der Waals surface area contributed by atoms with Gasteiger partial charge in [-0.25, -0.2) is 4.79 Å². The van der Waals surface area contributed by atoms with Crippen LogP contribution in [0, 0.1) is 0 Å². The van der Waals surface area contributed by atoms with Crippen molar-refractivity contribution < 1.29 is 14.4 Å². The quantitative estimate of drug-likeness (QED) is 0.562. The Labute approximate surface area is 187 Å². The van der Waals surface area contributed by atoms with E-state index in [4.69, 9.17) is 0 Å². The van der Waals surface area contributed by atoms with Crippen LogP contribution in [0.4, 0.5) is 4.79 Å². The number of fused-ring (bicyclic) bond motifs is 1. The van der Waals surface area contributed by atoms with Crippen LogP contribution in [0.25, 0.3) is 10.8 Å². The third-order valence-corrected chi connectivity index (χ3v) is 6.02. The van der Waals surface area contributed by atoms with Gasteiger partial charge in [-0.1, -0.05) is 66.7 Å². The van der Waals surface area contributed by atoms with Crippen LogP contribution in [0.5, 0.6) is 0 Å². The first kappa shape index (κ1) is 21.6. The first-order valence-corrected chi connectivity index (χ1v) is 10.8. The van der Waals surface area contributed by atoms with Crippen molar-refractivity contribution in [2.45, 2.75) is 38.3 Å². The minimum Gasteiger partial charge on any atom is -0.352 e. The Morgan fingerprint density at radius 3 is 2.44 bits per heavy atom. The van der Waals surface area contributed by atoms with Crippen molar-refractivity contribution in [1.82, 2.24) is 15.5 Å². The number of hydrogen-bond donors (Lipinski definition) is 2. The largest absolute Gasteiger partial charge is 0.352 e. The lowest BCUT2D eigenvalue weighted by Gasteiger charge is -2.23. The molecule has 32 heavy (non-hydrogen) atoms. The molecule has 0 bridgehead atoms. The lowest BCUT2D eigenvalue weighted by Crippen LogP contribution is -2.45. The van der Waals surface area contributed by atoms with Crippen LogP contribution in [-0.4, -0.2) is 35.3 Å². The smallest absolute Gasteiger partial charge is 0.325 e. The molecule has 2 N–H and O–H groups in total. The van der Waals surface area contributed by atoms with Crippen molar-refractivity contribution in [2.24, 2.45) is 0 Å². The van der Waals surface area contributed by atoms with Gasteiger partial charge in [0.2, 0.25) is 5.91 Å². The van der Waals surface area contributed by atoms with E-state index in [0.717, 1.165) is 28.5 Å². The Morgan fingerprint density at radius 1 is 1.00 bits per heavy atom. The number of imide groups is 1. The maximum Gasteiger partial charge on any atom is 0.325 e. The van der Waals surface area contributed by atoms with Crippen LogP contribution in [0.15, 0.2) is 72.8 Å². The summed E-state index contributed by atoms with van der Waals surface area (Å²) in [5, 5.41) is 7.71. The molecule has 0 unspecified atom stereocenters. The van der Waals surface area contributed by atoms with E-state index < -0.39 is 17.5 Å². The van der Waals surface area contributed by atoms with Gasteiger partial charge in [0.05, 0.1) is 0 Å². The number of urea groups is 1. The Kier molecular flexibility index (Phi) is 5.95. The van der Waals surface area contributed by atoms with Gasteiger partial charge in [0, 0.05) is 6.04 Å². The summed E-state index contributed by atoms with van der Waals surface area (Å²) in [6.07, 6.45) is 1.61. The Bertz CT molecular complexity index is 1160. The van der Waals surface area contributed by atoms with Crippen molar-refractivity contribution in [3.63, 3.8) is 0 Å². The molecule has 1 saturated heterocycles. The maximum atomic E-state index is 13.2. The fourth-order valence-electron chi connectivity index (χ4n) is 4.10. The highest BCUT2D eigenvalue weighted by molar-refractivity contribution is 6.09. The predicted molar refractivity (Wildman–Crippen MR) is 124 cm³/mol. The van der Waals surface area contributed by atoms with Crippen molar-refractivity contribution in [2.75, 3.05) is 6.54 Å². The summed E-state index contributed by atoms with van der Waals surface area (Å²) in [5.74, 6) is -0.776. The number of amides is 4. The molecule has 1 aliphatic heterocycles. The second kappa shape index (κ2) is 8.83. The highest BCUT2D eigenvalue weighted by atomic mass is 16.2. The molecule has 4 rings (SSSR count). The minimum absolute atomic E-state index is 0.0738. The van der Waals surface area contributed by atoms with Gasteiger partial charge in [-0.3, -0.25) is 14.5 Å². The average molecular weight is 430 g/mol. The second-order valence-electron chi connectivity index (χ2n) is 8.50. The van der Waals surface area contributed by atoms with Gasteiger partial charge in [0.1, 0.15) is 12.1 Å². The fraction of sp³-hybridized carbons (Fsp3) is 0.269. The number of rotatable bonds is 7. The Morgan fingerprint density at radius 2 is 1.69 bits per heavy atom. The molecular formula is C26H27N3O3. The van der Waals surface area contributed by atoms with Crippen molar-refractivity contribution in [3.05, 3.63) is 83.9 Å². The molecule has 0 aromatic heterocycles. The number of carbonyl (C=O) groups is 3. The summed E-state index contributed by atoms with van der Waals surface area (Å²) in [4.78, 5) is 39.3. The van der Waals surface area contributed by atoms with Gasteiger partial charge in [-0.05, 0) is 54.7 Å². The SMILES string of the molecule is C[C@H](CCc1ccccc1)NC(=O)CN1C(=O)N[C@@](C)(c2ccc3ccccc3c2)C1=O. The van der Waals surface area contributed by atoms with Gasteiger partial charge in [-0.2, -0.15) is 0 Å². The molecule has 0 saturated carbocycles. The van der Waals surface area contributed by atoms with Gasteiger partial charge in [0.25, 0.3) is 5.91 Å². The first-order valence-electron chi connectivity index (χ1n) is 10.8. The molecule has 0 radical (unpaired) electrons. The van der Waals surface area contributed by atoms with E-state index >= 15 is 0 Å². The number of nitrogens with one attached hydrogen (secondary N) is 2. The van der Waals surface area contributed by atoms with Crippen molar-refractivity contribution in [3.8, 4) is 0 Å². The summed E-state index contributed by atoms with van der Waals surface area (Å²) in [6, 6.07) is 22.9. The lowest BCUT2D eigenvalue weighted by atomic mass is 9.90. The number of benzene rings is 3. The van der Waals surface area contributed by atoms with E-state index in [2.05, 4.69) is 22.8 Å². The molecule has 0 aliphatic carbocycles. The Balaban J connectivity index is 1.40. The van der Waals surface area contributed by atoms with Gasteiger partial charge < -0.3 is 10.6 Å². The van der Waals surface area contributed by atoms with Gasteiger partial charge >= 0.3 is 6.03 Å². The van der Waals surface area contributed by atoms with Crippen molar-refractivity contribution >= 4 is 28.6 Å². The topological polar surface area (TPSA) is 78.5 Å². The monoisotopic (exact) mass is 429 g/mol.